The van der Waals surface area contributed by atoms with Crippen LogP contribution in [-0.4, -0.2) is 16.7 Å². The molecule has 0 saturated heterocycles. The van der Waals surface area contributed by atoms with Crippen molar-refractivity contribution in [3.8, 4) is 0 Å². The van der Waals surface area contributed by atoms with Crippen LogP contribution in [0.3, 0.4) is 0 Å². The Morgan fingerprint density at radius 1 is 1.33 bits per heavy atom. The minimum Gasteiger partial charge on any atom is -0.380 e. The fourth-order valence-corrected chi connectivity index (χ4v) is 1.81. The average Bonchev–Trinajstić information content (AvgIpc) is 2.66. The van der Waals surface area contributed by atoms with Crippen LogP contribution < -0.4 is 0 Å². The number of fused-ring (bicyclic) bond motifs is 1. The number of hydrogen-bond acceptors (Lipinski definition) is 2. The Bertz CT molecular complexity index is 460. The van der Waals surface area contributed by atoms with Crippen molar-refractivity contribution in [1.29, 1.82) is 0 Å². The van der Waals surface area contributed by atoms with Crippen LogP contribution in [0.15, 0.2) is 24.4 Å². The summed E-state index contributed by atoms with van der Waals surface area (Å²) in [6.07, 6.45) is 1.83. The molecule has 0 spiro atoms. The number of methoxy groups -OCH3 is 1. The van der Waals surface area contributed by atoms with Gasteiger partial charge in [0, 0.05) is 18.4 Å². The van der Waals surface area contributed by atoms with Gasteiger partial charge in [-0.05, 0) is 18.1 Å². The fourth-order valence-electron chi connectivity index (χ4n) is 1.81. The molecule has 0 atom stereocenters. The second-order valence-corrected chi connectivity index (χ2v) is 4.00. The standard InChI is InChI=1S/C12H16N2O/c1-9(2)11-5-4-10(8-15-3)12-6-7-13-14(11)12/h4-7,9H,8H2,1-3H3. The first-order valence-electron chi connectivity index (χ1n) is 5.18. The van der Waals surface area contributed by atoms with Crippen molar-refractivity contribution in [3.63, 3.8) is 0 Å². The summed E-state index contributed by atoms with van der Waals surface area (Å²) in [5, 5.41) is 4.34. The molecule has 3 heteroatoms. The minimum absolute atomic E-state index is 0.476. The maximum absolute atomic E-state index is 5.16. The summed E-state index contributed by atoms with van der Waals surface area (Å²) in [7, 11) is 1.71. The van der Waals surface area contributed by atoms with Crippen LogP contribution in [0.4, 0.5) is 0 Å². The number of ether oxygens (including phenoxy) is 1. The summed E-state index contributed by atoms with van der Waals surface area (Å²) < 4.78 is 7.16. The van der Waals surface area contributed by atoms with Gasteiger partial charge in [-0.2, -0.15) is 5.10 Å². The van der Waals surface area contributed by atoms with Crippen molar-refractivity contribution in [2.24, 2.45) is 0 Å². The summed E-state index contributed by atoms with van der Waals surface area (Å²) in [6, 6.07) is 6.27. The van der Waals surface area contributed by atoms with E-state index in [0.717, 1.165) is 5.52 Å². The van der Waals surface area contributed by atoms with E-state index in [0.29, 0.717) is 12.5 Å². The molecule has 0 aliphatic heterocycles. The van der Waals surface area contributed by atoms with Gasteiger partial charge in [0.1, 0.15) is 0 Å². The van der Waals surface area contributed by atoms with E-state index in [1.54, 1.807) is 7.11 Å². The van der Waals surface area contributed by atoms with E-state index < -0.39 is 0 Å². The zero-order valence-corrected chi connectivity index (χ0v) is 9.40. The highest BCUT2D eigenvalue weighted by atomic mass is 16.5. The molecule has 15 heavy (non-hydrogen) atoms. The number of hydrogen-bond donors (Lipinski definition) is 0. The van der Waals surface area contributed by atoms with Gasteiger partial charge in [0.15, 0.2) is 0 Å². The maximum atomic E-state index is 5.16. The Hall–Kier alpha value is -1.35. The zero-order valence-electron chi connectivity index (χ0n) is 9.40. The predicted molar refractivity (Wildman–Crippen MR) is 60.0 cm³/mol. The molecule has 0 aromatic carbocycles. The van der Waals surface area contributed by atoms with Crippen LogP contribution >= 0.6 is 0 Å². The molecule has 3 nitrogen and oxygen atoms in total. The molecular weight excluding hydrogens is 188 g/mol. The number of rotatable bonds is 3. The van der Waals surface area contributed by atoms with Crippen LogP contribution in [0.5, 0.6) is 0 Å². The highest BCUT2D eigenvalue weighted by Crippen LogP contribution is 2.19. The number of nitrogens with zero attached hydrogens (tertiary/aromatic N) is 2. The third-order valence-corrected chi connectivity index (χ3v) is 2.56. The van der Waals surface area contributed by atoms with Gasteiger partial charge >= 0.3 is 0 Å². The zero-order chi connectivity index (χ0) is 10.8. The number of aromatic nitrogens is 2. The molecule has 0 aliphatic carbocycles. The van der Waals surface area contributed by atoms with E-state index in [4.69, 9.17) is 4.74 Å². The summed E-state index contributed by atoms with van der Waals surface area (Å²) in [4.78, 5) is 0. The van der Waals surface area contributed by atoms with Gasteiger partial charge < -0.3 is 4.74 Å². The van der Waals surface area contributed by atoms with Gasteiger partial charge in [-0.3, -0.25) is 0 Å². The third-order valence-electron chi connectivity index (χ3n) is 2.56. The van der Waals surface area contributed by atoms with Crippen LogP contribution in [0.1, 0.15) is 31.0 Å². The van der Waals surface area contributed by atoms with E-state index in [1.807, 2.05) is 16.8 Å². The lowest BCUT2D eigenvalue weighted by Gasteiger charge is -2.11. The summed E-state index contributed by atoms with van der Waals surface area (Å²) in [6.45, 7) is 4.98. The smallest absolute Gasteiger partial charge is 0.0734 e. The molecule has 0 bridgehead atoms. The largest absolute Gasteiger partial charge is 0.380 e. The Kier molecular flexibility index (Phi) is 2.73. The molecule has 0 radical (unpaired) electrons. The van der Waals surface area contributed by atoms with Gasteiger partial charge in [0.25, 0.3) is 0 Å². The molecule has 2 aromatic rings. The SMILES string of the molecule is COCc1ccc(C(C)C)n2nccc12. The Morgan fingerprint density at radius 3 is 2.80 bits per heavy atom. The molecular formula is C12H16N2O. The van der Waals surface area contributed by atoms with Crippen LogP contribution in [-0.2, 0) is 11.3 Å². The maximum Gasteiger partial charge on any atom is 0.0734 e. The summed E-state index contributed by atoms with van der Waals surface area (Å²) >= 11 is 0. The van der Waals surface area contributed by atoms with E-state index in [9.17, 15) is 0 Å². The second-order valence-electron chi connectivity index (χ2n) is 4.00. The van der Waals surface area contributed by atoms with Gasteiger partial charge in [0.05, 0.1) is 18.3 Å². The lowest BCUT2D eigenvalue weighted by molar-refractivity contribution is 0.185. The first kappa shape index (κ1) is 10.2. The van der Waals surface area contributed by atoms with Crippen LogP contribution in [0.2, 0.25) is 0 Å². The Labute approximate surface area is 89.7 Å². The molecule has 0 amide bonds. The quantitative estimate of drug-likeness (QED) is 0.768. The van der Waals surface area contributed by atoms with Gasteiger partial charge in [-0.25, -0.2) is 4.52 Å². The van der Waals surface area contributed by atoms with Crippen molar-refractivity contribution in [3.05, 3.63) is 35.7 Å². The first-order valence-corrected chi connectivity index (χ1v) is 5.18. The van der Waals surface area contributed by atoms with E-state index in [2.05, 4.69) is 31.1 Å². The second kappa shape index (κ2) is 4.03. The van der Waals surface area contributed by atoms with Crippen molar-refractivity contribution >= 4 is 5.52 Å². The molecule has 2 heterocycles. The van der Waals surface area contributed by atoms with Gasteiger partial charge in [-0.15, -0.1) is 0 Å². The molecule has 2 aromatic heterocycles. The monoisotopic (exact) mass is 204 g/mol. The van der Waals surface area contributed by atoms with Crippen molar-refractivity contribution in [2.45, 2.75) is 26.4 Å². The van der Waals surface area contributed by atoms with E-state index >= 15 is 0 Å². The normalized spacial score (nSPS) is 11.5. The lowest BCUT2D eigenvalue weighted by Crippen LogP contribution is -2.03. The average molecular weight is 204 g/mol. The predicted octanol–water partition coefficient (Wildman–Crippen LogP) is 2.60. The molecule has 0 saturated carbocycles. The van der Waals surface area contributed by atoms with E-state index in [1.165, 1.54) is 11.3 Å². The van der Waals surface area contributed by atoms with Gasteiger partial charge in [0.2, 0.25) is 0 Å². The molecule has 0 unspecified atom stereocenters. The van der Waals surface area contributed by atoms with Crippen LogP contribution in [0, 0.1) is 0 Å². The van der Waals surface area contributed by atoms with Gasteiger partial charge in [-0.1, -0.05) is 19.9 Å². The molecule has 0 aliphatic rings. The van der Waals surface area contributed by atoms with Crippen molar-refractivity contribution < 1.29 is 4.74 Å². The number of pyridine rings is 1. The first-order chi connectivity index (χ1) is 7.24. The summed E-state index contributed by atoms with van der Waals surface area (Å²) in [5.74, 6) is 0.476. The molecule has 0 fully saturated rings. The molecule has 2 rings (SSSR count). The molecule has 80 valence electrons. The Balaban J connectivity index is 2.60. The lowest BCUT2D eigenvalue weighted by atomic mass is 10.1. The third kappa shape index (κ3) is 1.75. The van der Waals surface area contributed by atoms with E-state index in [-0.39, 0.29) is 0 Å². The summed E-state index contributed by atoms with van der Waals surface area (Å²) in [5.41, 5.74) is 3.55. The topological polar surface area (TPSA) is 26.5 Å². The molecule has 0 N–H and O–H groups in total. The van der Waals surface area contributed by atoms with Crippen LogP contribution in [0.25, 0.3) is 5.52 Å². The highest BCUT2D eigenvalue weighted by molar-refractivity contribution is 5.54. The Morgan fingerprint density at radius 2 is 2.13 bits per heavy atom. The fraction of sp³-hybridized carbons (Fsp3) is 0.417. The van der Waals surface area contributed by atoms with Crippen molar-refractivity contribution in [1.82, 2.24) is 9.61 Å². The van der Waals surface area contributed by atoms with Crippen molar-refractivity contribution in [2.75, 3.05) is 7.11 Å². The highest BCUT2D eigenvalue weighted by Gasteiger charge is 2.08. The minimum atomic E-state index is 0.476.